The molecule has 7 heteroatoms. The third-order valence-corrected chi connectivity index (χ3v) is 3.70. The Bertz CT molecular complexity index is 537. The lowest BCUT2D eigenvalue weighted by Gasteiger charge is -2.15. The van der Waals surface area contributed by atoms with E-state index < -0.39 is 34.6 Å². The van der Waals surface area contributed by atoms with E-state index in [2.05, 4.69) is 21.2 Å². The molecule has 104 valence electrons. The summed E-state index contributed by atoms with van der Waals surface area (Å²) in [7, 11) is 0. The van der Waals surface area contributed by atoms with Crippen LogP contribution in [0.2, 0.25) is 0 Å². The molecule has 0 radical (unpaired) electrons. The smallest absolute Gasteiger partial charge is 0.347 e. The fourth-order valence-corrected chi connectivity index (χ4v) is 2.11. The van der Waals surface area contributed by atoms with Gasteiger partial charge in [-0.3, -0.25) is 4.79 Å². The van der Waals surface area contributed by atoms with Gasteiger partial charge in [0, 0.05) is 10.0 Å². The highest BCUT2D eigenvalue weighted by Crippen LogP contribution is 2.37. The molecule has 1 amide bonds. The number of benzene rings is 1. The minimum absolute atomic E-state index is 0.000231. The zero-order valence-electron chi connectivity index (χ0n) is 9.87. The Hall–Kier alpha value is -1.11. The van der Waals surface area contributed by atoms with Gasteiger partial charge in [0.1, 0.15) is 5.82 Å². The van der Waals surface area contributed by atoms with Crippen LogP contribution in [0.1, 0.15) is 35.7 Å². The first-order valence-corrected chi connectivity index (χ1v) is 6.31. The van der Waals surface area contributed by atoms with Crippen LogP contribution in [0, 0.1) is 5.82 Å². The molecule has 2 nitrogen and oxygen atoms in total. The van der Waals surface area contributed by atoms with E-state index in [4.69, 9.17) is 0 Å². The Labute approximate surface area is 115 Å². The van der Waals surface area contributed by atoms with Crippen LogP contribution in [0.15, 0.2) is 16.6 Å². The van der Waals surface area contributed by atoms with E-state index in [0.29, 0.717) is 6.07 Å². The molecule has 1 aliphatic rings. The molecule has 2 rings (SSSR count). The summed E-state index contributed by atoms with van der Waals surface area (Å²) in [6.45, 7) is 1.75. The molecule has 0 aliphatic heterocycles. The predicted molar refractivity (Wildman–Crippen MR) is 64.2 cm³/mol. The number of alkyl halides is 3. The quantitative estimate of drug-likeness (QED) is 0.814. The van der Waals surface area contributed by atoms with Crippen molar-refractivity contribution in [2.75, 3.05) is 0 Å². The molecule has 0 spiro atoms. The van der Waals surface area contributed by atoms with Gasteiger partial charge in [0.25, 0.3) is 5.91 Å². The molecule has 0 heterocycles. The fourth-order valence-electron chi connectivity index (χ4n) is 1.63. The number of carbonyl (C=O) groups excluding carboxylic acids is 1. The molecule has 19 heavy (non-hydrogen) atoms. The lowest BCUT2D eigenvalue weighted by Crippen LogP contribution is -2.35. The molecule has 0 aromatic heterocycles. The number of hydrogen-bond donors (Lipinski definition) is 1. The number of hydrogen-bond acceptors (Lipinski definition) is 1. The molecule has 1 aromatic rings. The van der Waals surface area contributed by atoms with Gasteiger partial charge < -0.3 is 5.32 Å². The van der Waals surface area contributed by atoms with Crippen LogP contribution >= 0.6 is 15.9 Å². The largest absolute Gasteiger partial charge is 0.419 e. The van der Waals surface area contributed by atoms with Crippen LogP contribution in [0.3, 0.4) is 0 Å². The van der Waals surface area contributed by atoms with Crippen molar-refractivity contribution in [2.45, 2.75) is 31.5 Å². The summed E-state index contributed by atoms with van der Waals surface area (Å²) in [6.07, 6.45) is -3.36. The molecule has 1 N–H and O–H groups in total. The predicted octanol–water partition coefficient (Wildman–Crippen LogP) is 3.89. The number of amides is 1. The van der Waals surface area contributed by atoms with Gasteiger partial charge >= 0.3 is 6.18 Å². The van der Waals surface area contributed by atoms with E-state index in [1.165, 1.54) is 0 Å². The highest BCUT2D eigenvalue weighted by molar-refractivity contribution is 9.10. The summed E-state index contributed by atoms with van der Waals surface area (Å²) >= 11 is 2.91. The lowest BCUT2D eigenvalue weighted by molar-refractivity contribution is -0.140. The van der Waals surface area contributed by atoms with Gasteiger partial charge in [0.15, 0.2) is 0 Å². The molecule has 0 bridgehead atoms. The summed E-state index contributed by atoms with van der Waals surface area (Å²) in [5, 5.41) is 2.53. The van der Waals surface area contributed by atoms with E-state index in [0.717, 1.165) is 18.9 Å². The highest BCUT2D eigenvalue weighted by atomic mass is 79.9. The molecule has 1 aromatic carbocycles. The van der Waals surface area contributed by atoms with Gasteiger partial charge in [-0.05, 0) is 47.8 Å². The first-order valence-electron chi connectivity index (χ1n) is 5.52. The van der Waals surface area contributed by atoms with Gasteiger partial charge in [0.05, 0.1) is 11.1 Å². The van der Waals surface area contributed by atoms with Crippen LogP contribution in [0.4, 0.5) is 17.6 Å². The Balaban J connectivity index is 2.41. The molecule has 0 saturated heterocycles. The number of rotatable bonds is 2. The summed E-state index contributed by atoms with van der Waals surface area (Å²) in [4.78, 5) is 11.9. The van der Waals surface area contributed by atoms with Crippen molar-refractivity contribution in [1.82, 2.24) is 5.32 Å². The van der Waals surface area contributed by atoms with Gasteiger partial charge in [-0.25, -0.2) is 4.39 Å². The summed E-state index contributed by atoms with van der Waals surface area (Å²) in [5.41, 5.74) is -2.48. The van der Waals surface area contributed by atoms with Crippen molar-refractivity contribution < 1.29 is 22.4 Å². The van der Waals surface area contributed by atoms with E-state index in [1.807, 2.05) is 0 Å². The molecule has 1 fully saturated rings. The van der Waals surface area contributed by atoms with Crippen LogP contribution in [0.25, 0.3) is 0 Å². The standard InChI is InChI=1S/C12H10BrF4NO/c1-11(4-5-11)18-10(19)8-7(13)3-2-6(9(8)14)12(15,16)17/h2-3H,4-5H2,1H3,(H,18,19). The maximum Gasteiger partial charge on any atom is 0.419 e. The van der Waals surface area contributed by atoms with Crippen molar-refractivity contribution in [2.24, 2.45) is 0 Å². The van der Waals surface area contributed by atoms with Crippen molar-refractivity contribution in [3.8, 4) is 0 Å². The van der Waals surface area contributed by atoms with Gasteiger partial charge in [0.2, 0.25) is 0 Å². The second kappa shape index (κ2) is 4.47. The third kappa shape index (κ3) is 2.91. The monoisotopic (exact) mass is 339 g/mol. The van der Waals surface area contributed by atoms with Crippen LogP contribution < -0.4 is 5.32 Å². The van der Waals surface area contributed by atoms with Crippen molar-refractivity contribution in [1.29, 1.82) is 0 Å². The Morgan fingerprint density at radius 2 is 1.95 bits per heavy atom. The lowest BCUT2D eigenvalue weighted by atomic mass is 10.1. The van der Waals surface area contributed by atoms with Gasteiger partial charge in [-0.15, -0.1) is 0 Å². The third-order valence-electron chi connectivity index (χ3n) is 3.04. The first kappa shape index (κ1) is 14.3. The minimum atomic E-state index is -4.83. The van der Waals surface area contributed by atoms with E-state index >= 15 is 0 Å². The van der Waals surface area contributed by atoms with E-state index in [-0.39, 0.29) is 4.47 Å². The van der Waals surface area contributed by atoms with Crippen molar-refractivity contribution >= 4 is 21.8 Å². The minimum Gasteiger partial charge on any atom is -0.347 e. The molecule has 0 unspecified atom stereocenters. The van der Waals surface area contributed by atoms with E-state index in [1.54, 1.807) is 6.92 Å². The molecule has 0 atom stereocenters. The number of halogens is 5. The second-order valence-corrected chi connectivity index (χ2v) is 5.65. The maximum atomic E-state index is 13.9. The maximum absolute atomic E-state index is 13.9. The topological polar surface area (TPSA) is 29.1 Å². The van der Waals surface area contributed by atoms with Crippen molar-refractivity contribution in [3.05, 3.63) is 33.5 Å². The summed E-state index contributed by atoms with van der Waals surface area (Å²) in [5.74, 6) is -2.39. The van der Waals surface area contributed by atoms with Crippen molar-refractivity contribution in [3.63, 3.8) is 0 Å². The van der Waals surface area contributed by atoms with Crippen LogP contribution in [-0.2, 0) is 6.18 Å². The SMILES string of the molecule is CC1(NC(=O)c2c(Br)ccc(C(F)(F)F)c2F)CC1. The summed E-state index contributed by atoms with van der Waals surface area (Å²) in [6, 6.07) is 1.63. The Morgan fingerprint density at radius 1 is 1.37 bits per heavy atom. The molecule has 1 aliphatic carbocycles. The summed E-state index contributed by atoms with van der Waals surface area (Å²) < 4.78 is 51.6. The number of nitrogens with one attached hydrogen (secondary N) is 1. The molecular formula is C12H10BrF4NO. The normalized spacial score (nSPS) is 17.2. The van der Waals surface area contributed by atoms with Crippen LogP contribution in [-0.4, -0.2) is 11.4 Å². The highest BCUT2D eigenvalue weighted by Gasteiger charge is 2.41. The second-order valence-electron chi connectivity index (χ2n) is 4.80. The molecular weight excluding hydrogens is 330 g/mol. The average molecular weight is 340 g/mol. The zero-order valence-corrected chi connectivity index (χ0v) is 11.5. The molecule has 1 saturated carbocycles. The fraction of sp³-hybridized carbons (Fsp3) is 0.417. The van der Waals surface area contributed by atoms with E-state index in [9.17, 15) is 22.4 Å². The average Bonchev–Trinajstić information content (AvgIpc) is 2.93. The number of carbonyl (C=O) groups is 1. The van der Waals surface area contributed by atoms with Crippen LogP contribution in [0.5, 0.6) is 0 Å². The van der Waals surface area contributed by atoms with Gasteiger partial charge in [-0.1, -0.05) is 0 Å². The first-order chi connectivity index (χ1) is 8.64. The Kier molecular flexibility index (Phi) is 3.36. The van der Waals surface area contributed by atoms with Gasteiger partial charge in [-0.2, -0.15) is 13.2 Å². The zero-order chi connectivity index (χ0) is 14.4. The Morgan fingerprint density at radius 3 is 2.42 bits per heavy atom.